The van der Waals surface area contributed by atoms with Crippen LogP contribution in [-0.2, 0) is 15.6 Å². The highest BCUT2D eigenvalue weighted by Crippen LogP contribution is 2.70. The quantitative estimate of drug-likeness (QED) is 0.516. The molecule has 0 aliphatic heterocycles. The molecule has 0 spiro atoms. The lowest BCUT2D eigenvalue weighted by Gasteiger charge is -2.42. The van der Waals surface area contributed by atoms with Crippen LogP contribution in [0.4, 0.5) is 5.69 Å². The molecule has 2 aliphatic carbocycles. The largest absolute Gasteiger partial charge is 0.342 e. The molecule has 4 rings (SSSR count). The van der Waals surface area contributed by atoms with Crippen LogP contribution in [0.25, 0.3) is 11.0 Å². The first-order chi connectivity index (χ1) is 14.1. The zero-order valence-corrected chi connectivity index (χ0v) is 18.5. The Morgan fingerprint density at radius 1 is 1.07 bits per heavy atom. The molecular formula is C23H30N4O3. The van der Waals surface area contributed by atoms with E-state index in [0.29, 0.717) is 11.0 Å². The normalized spacial score (nSPS) is 26.0. The number of nitro groups is 1. The molecule has 1 aromatic carbocycles. The third-order valence-electron chi connectivity index (χ3n) is 7.87. The Balaban J connectivity index is 1.96. The Labute approximate surface area is 177 Å². The van der Waals surface area contributed by atoms with Gasteiger partial charge in [0.15, 0.2) is 0 Å². The number of carbonyl (C=O) groups excluding carboxylic acids is 1. The molecule has 2 aromatic rings. The molecule has 0 radical (unpaired) electrons. The number of rotatable bonds is 6. The molecule has 30 heavy (non-hydrogen) atoms. The summed E-state index contributed by atoms with van der Waals surface area (Å²) < 4.78 is 0. The fraction of sp³-hybridized carbons (Fsp3) is 0.609. The van der Waals surface area contributed by atoms with Gasteiger partial charge in [0.2, 0.25) is 5.91 Å². The molecule has 7 heteroatoms. The van der Waals surface area contributed by atoms with Crippen LogP contribution in [0.5, 0.6) is 0 Å². The van der Waals surface area contributed by atoms with Crippen LogP contribution in [0, 0.1) is 15.5 Å². The van der Waals surface area contributed by atoms with E-state index in [2.05, 4.69) is 34.6 Å². The number of fused-ring (bicyclic) bond motifs is 6. The minimum atomic E-state index is -0.743. The monoisotopic (exact) mass is 410 g/mol. The minimum Gasteiger partial charge on any atom is -0.342 e. The summed E-state index contributed by atoms with van der Waals surface area (Å²) in [6, 6.07) is 4.60. The summed E-state index contributed by atoms with van der Waals surface area (Å²) in [6.07, 6.45) is 3.43. The van der Waals surface area contributed by atoms with Gasteiger partial charge in [-0.1, -0.05) is 34.6 Å². The van der Waals surface area contributed by atoms with Gasteiger partial charge in [0.25, 0.3) is 5.69 Å². The predicted molar refractivity (Wildman–Crippen MR) is 115 cm³/mol. The van der Waals surface area contributed by atoms with Crippen molar-refractivity contribution in [2.75, 3.05) is 13.1 Å². The van der Waals surface area contributed by atoms with E-state index in [-0.39, 0.29) is 22.4 Å². The summed E-state index contributed by atoms with van der Waals surface area (Å²) in [5.41, 5.74) is 1.40. The number of nitro benzene ring substituents is 1. The van der Waals surface area contributed by atoms with Crippen LogP contribution in [0.1, 0.15) is 71.7 Å². The zero-order chi connectivity index (χ0) is 21.9. The Morgan fingerprint density at radius 2 is 1.70 bits per heavy atom. The molecule has 160 valence electrons. The third-order valence-corrected chi connectivity index (χ3v) is 7.87. The number of hydrogen-bond acceptors (Lipinski definition) is 5. The molecule has 2 unspecified atom stereocenters. The summed E-state index contributed by atoms with van der Waals surface area (Å²) in [5, 5.41) is 11.3. The van der Waals surface area contributed by atoms with Crippen molar-refractivity contribution < 1.29 is 9.72 Å². The zero-order valence-electron chi connectivity index (χ0n) is 18.5. The molecule has 1 amide bonds. The van der Waals surface area contributed by atoms with Gasteiger partial charge in [-0.3, -0.25) is 14.9 Å². The van der Waals surface area contributed by atoms with Gasteiger partial charge in [-0.15, -0.1) is 0 Å². The van der Waals surface area contributed by atoms with Gasteiger partial charge in [0.1, 0.15) is 0 Å². The molecular weight excluding hydrogens is 380 g/mol. The molecule has 1 aromatic heterocycles. The molecule has 0 saturated heterocycles. The van der Waals surface area contributed by atoms with Crippen molar-refractivity contribution >= 4 is 22.6 Å². The van der Waals surface area contributed by atoms with Crippen LogP contribution >= 0.6 is 0 Å². The molecule has 2 aliphatic rings. The van der Waals surface area contributed by atoms with E-state index in [4.69, 9.17) is 9.97 Å². The van der Waals surface area contributed by atoms with Gasteiger partial charge < -0.3 is 4.90 Å². The Bertz CT molecular complexity index is 1040. The predicted octanol–water partition coefficient (Wildman–Crippen LogP) is 4.52. The van der Waals surface area contributed by atoms with Gasteiger partial charge in [0.05, 0.1) is 32.8 Å². The molecule has 2 bridgehead atoms. The number of amides is 1. The van der Waals surface area contributed by atoms with Crippen LogP contribution in [0.2, 0.25) is 0 Å². The third kappa shape index (κ3) is 2.41. The fourth-order valence-electron chi connectivity index (χ4n) is 5.80. The van der Waals surface area contributed by atoms with E-state index in [0.717, 1.165) is 50.2 Å². The van der Waals surface area contributed by atoms with Crippen molar-refractivity contribution in [3.8, 4) is 0 Å². The Hall–Kier alpha value is -2.57. The van der Waals surface area contributed by atoms with Crippen molar-refractivity contribution in [1.82, 2.24) is 14.9 Å². The number of benzene rings is 1. The van der Waals surface area contributed by atoms with Gasteiger partial charge in [-0.25, -0.2) is 9.97 Å². The lowest BCUT2D eigenvalue weighted by atomic mass is 9.63. The number of hydrogen-bond donors (Lipinski definition) is 0. The number of carbonyl (C=O) groups is 1. The van der Waals surface area contributed by atoms with E-state index >= 15 is 0 Å². The second-order valence-corrected chi connectivity index (χ2v) is 9.51. The molecule has 7 nitrogen and oxygen atoms in total. The highest BCUT2D eigenvalue weighted by molar-refractivity contribution is 5.93. The second-order valence-electron chi connectivity index (χ2n) is 9.51. The maximum absolute atomic E-state index is 14.1. The second kappa shape index (κ2) is 6.72. The average Bonchev–Trinajstić information content (AvgIpc) is 3.00. The first-order valence-electron chi connectivity index (χ1n) is 10.9. The average molecular weight is 411 g/mol. The Morgan fingerprint density at radius 3 is 2.30 bits per heavy atom. The lowest BCUT2D eigenvalue weighted by molar-refractivity contribution is -0.384. The molecule has 1 fully saturated rings. The van der Waals surface area contributed by atoms with Crippen molar-refractivity contribution in [2.24, 2.45) is 5.41 Å². The molecule has 2 atom stereocenters. The number of non-ortho nitro benzene ring substituents is 1. The van der Waals surface area contributed by atoms with Gasteiger partial charge in [0, 0.05) is 30.6 Å². The number of aromatic nitrogens is 2. The minimum absolute atomic E-state index is 0.00986. The first-order valence-corrected chi connectivity index (χ1v) is 10.9. The van der Waals surface area contributed by atoms with E-state index in [1.807, 2.05) is 4.90 Å². The SMILES string of the molecule is CCCN(CCC)C(=O)C12CCC(C)(c3nc4ccc([N+](=O)[O-])cc4nc31)C2(C)C. The lowest BCUT2D eigenvalue weighted by Crippen LogP contribution is -2.53. The van der Waals surface area contributed by atoms with E-state index < -0.39 is 10.3 Å². The van der Waals surface area contributed by atoms with Gasteiger partial charge >= 0.3 is 0 Å². The first kappa shape index (κ1) is 20.7. The van der Waals surface area contributed by atoms with E-state index in [1.54, 1.807) is 6.07 Å². The van der Waals surface area contributed by atoms with Crippen molar-refractivity contribution in [1.29, 1.82) is 0 Å². The summed E-state index contributed by atoms with van der Waals surface area (Å²) in [5.74, 6) is 0.137. The van der Waals surface area contributed by atoms with Crippen molar-refractivity contribution in [2.45, 2.75) is 71.1 Å². The summed E-state index contributed by atoms with van der Waals surface area (Å²) >= 11 is 0. The highest BCUT2D eigenvalue weighted by Gasteiger charge is 2.73. The van der Waals surface area contributed by atoms with Crippen molar-refractivity contribution in [3.63, 3.8) is 0 Å². The van der Waals surface area contributed by atoms with Gasteiger partial charge in [-0.05, 0) is 37.2 Å². The highest BCUT2D eigenvalue weighted by atomic mass is 16.6. The van der Waals surface area contributed by atoms with Gasteiger partial charge in [-0.2, -0.15) is 0 Å². The fourth-order valence-corrected chi connectivity index (χ4v) is 5.80. The van der Waals surface area contributed by atoms with Crippen LogP contribution in [-0.4, -0.2) is 38.8 Å². The van der Waals surface area contributed by atoms with Crippen LogP contribution < -0.4 is 0 Å². The van der Waals surface area contributed by atoms with E-state index in [9.17, 15) is 14.9 Å². The maximum Gasteiger partial charge on any atom is 0.271 e. The number of nitrogens with zero attached hydrogens (tertiary/aromatic N) is 4. The summed E-state index contributed by atoms with van der Waals surface area (Å²) in [4.78, 5) is 36.7. The molecule has 1 heterocycles. The molecule has 0 N–H and O–H groups in total. The summed E-state index contributed by atoms with van der Waals surface area (Å²) in [6.45, 7) is 12.2. The Kier molecular flexibility index (Phi) is 4.64. The maximum atomic E-state index is 14.1. The van der Waals surface area contributed by atoms with Crippen LogP contribution in [0.3, 0.4) is 0 Å². The summed E-state index contributed by atoms with van der Waals surface area (Å²) in [7, 11) is 0. The standard InChI is InChI=1S/C23H30N4O3/c1-6-12-26(13-7-2)20(28)23-11-10-22(5,21(23,3)4)18-19(23)25-17-14-15(27(29)30)8-9-16(17)24-18/h8-9,14H,6-7,10-13H2,1-5H3. The van der Waals surface area contributed by atoms with Crippen LogP contribution in [0.15, 0.2) is 18.2 Å². The smallest absolute Gasteiger partial charge is 0.271 e. The van der Waals surface area contributed by atoms with E-state index in [1.165, 1.54) is 12.1 Å². The molecule has 1 saturated carbocycles. The van der Waals surface area contributed by atoms with Crippen molar-refractivity contribution in [3.05, 3.63) is 39.7 Å². The topological polar surface area (TPSA) is 89.2 Å².